The molecule has 3 aromatic rings. The molecule has 3 rings (SSSR count). The molecular weight excluding hydrogens is 454 g/mol. The first-order chi connectivity index (χ1) is 16.5. The van der Waals surface area contributed by atoms with E-state index in [1.54, 1.807) is 6.07 Å². The Balaban J connectivity index is 1.71. The van der Waals surface area contributed by atoms with E-state index >= 15 is 0 Å². The van der Waals surface area contributed by atoms with Crippen LogP contribution in [0.3, 0.4) is 0 Å². The number of benzene rings is 2. The van der Waals surface area contributed by atoms with E-state index in [-0.39, 0.29) is 11.7 Å². The first-order valence-electron chi connectivity index (χ1n) is 11.5. The topological polar surface area (TPSA) is 110 Å². The number of aromatic nitrogens is 1. The number of fused-ring (bicyclic) bond motifs is 1. The van der Waals surface area contributed by atoms with Gasteiger partial charge in [-0.25, -0.2) is 0 Å². The Labute approximate surface area is 202 Å². The van der Waals surface area contributed by atoms with Crippen LogP contribution in [0.15, 0.2) is 52.7 Å². The lowest BCUT2D eigenvalue weighted by Crippen LogP contribution is -2.27. The Morgan fingerprint density at radius 1 is 1.09 bits per heavy atom. The third-order valence-electron chi connectivity index (χ3n) is 5.30. The number of hydrogen-bond acceptors (Lipinski definition) is 9. The van der Waals surface area contributed by atoms with Crippen LogP contribution < -0.4 is 4.90 Å². The summed E-state index contributed by atoms with van der Waals surface area (Å²) >= 11 is 1.15. The van der Waals surface area contributed by atoms with E-state index in [0.29, 0.717) is 41.2 Å². The van der Waals surface area contributed by atoms with Crippen molar-refractivity contribution in [2.24, 2.45) is 10.2 Å². The largest absolute Gasteiger partial charge is 0.466 e. The standard InChI is InChI=1S/C24H29N5O4S/c1-3-5-6-7-15-28(16-14-23(30)33-4-2)19-10-8-18(9-11-19)25-26-24-21-17-20(29(31)32)12-13-22(21)27-34-24/h8-13,17H,3-7,14-16H2,1-2H3. The maximum Gasteiger partial charge on any atom is 0.307 e. The molecule has 0 radical (unpaired) electrons. The van der Waals surface area contributed by atoms with E-state index in [1.165, 1.54) is 25.0 Å². The van der Waals surface area contributed by atoms with Crippen LogP contribution in [0.2, 0.25) is 0 Å². The van der Waals surface area contributed by atoms with E-state index < -0.39 is 4.92 Å². The minimum absolute atomic E-state index is 0.00431. The summed E-state index contributed by atoms with van der Waals surface area (Å²) in [5.41, 5.74) is 2.32. The van der Waals surface area contributed by atoms with Crippen LogP contribution in [0.4, 0.5) is 22.1 Å². The maximum absolute atomic E-state index is 11.8. The van der Waals surface area contributed by atoms with Crippen molar-refractivity contribution < 1.29 is 14.5 Å². The van der Waals surface area contributed by atoms with E-state index in [0.717, 1.165) is 36.6 Å². The predicted octanol–water partition coefficient (Wildman–Crippen LogP) is 6.96. The fourth-order valence-electron chi connectivity index (χ4n) is 3.49. The number of rotatable bonds is 13. The van der Waals surface area contributed by atoms with Crippen molar-refractivity contribution in [1.82, 2.24) is 4.37 Å². The van der Waals surface area contributed by atoms with Crippen molar-refractivity contribution in [3.63, 3.8) is 0 Å². The second-order valence-corrected chi connectivity index (χ2v) is 8.52. The number of azo groups is 1. The number of carbonyl (C=O) groups excluding carboxylic acids is 1. The van der Waals surface area contributed by atoms with Gasteiger partial charge in [0.25, 0.3) is 5.69 Å². The van der Waals surface area contributed by atoms with Crippen LogP contribution in [0.1, 0.15) is 46.0 Å². The van der Waals surface area contributed by atoms with Crippen LogP contribution in [-0.4, -0.2) is 35.0 Å². The molecule has 1 heterocycles. The predicted molar refractivity (Wildman–Crippen MR) is 134 cm³/mol. The number of nitro groups is 1. The molecule has 0 saturated heterocycles. The Bertz CT molecular complexity index is 1130. The second-order valence-electron chi connectivity index (χ2n) is 7.77. The van der Waals surface area contributed by atoms with Gasteiger partial charge in [-0.1, -0.05) is 26.2 Å². The highest BCUT2D eigenvalue weighted by Gasteiger charge is 2.13. The minimum atomic E-state index is -0.438. The number of nitro benzene ring substituents is 1. The quantitative estimate of drug-likeness (QED) is 0.0854. The van der Waals surface area contributed by atoms with Crippen molar-refractivity contribution in [2.45, 2.75) is 46.0 Å². The number of non-ortho nitro benzene ring substituents is 1. The number of ether oxygens (including phenoxy) is 1. The van der Waals surface area contributed by atoms with Gasteiger partial charge in [-0.3, -0.25) is 14.9 Å². The lowest BCUT2D eigenvalue weighted by Gasteiger charge is -2.24. The van der Waals surface area contributed by atoms with Gasteiger partial charge in [0.15, 0.2) is 5.00 Å². The summed E-state index contributed by atoms with van der Waals surface area (Å²) in [6.07, 6.45) is 4.92. The Morgan fingerprint density at radius 3 is 2.59 bits per heavy atom. The van der Waals surface area contributed by atoms with Crippen molar-refractivity contribution in [2.75, 3.05) is 24.6 Å². The molecule has 0 amide bonds. The second kappa shape index (κ2) is 12.7. The smallest absolute Gasteiger partial charge is 0.307 e. The van der Waals surface area contributed by atoms with E-state index in [2.05, 4.69) is 26.4 Å². The highest BCUT2D eigenvalue weighted by atomic mass is 32.1. The molecule has 10 heteroatoms. The van der Waals surface area contributed by atoms with Gasteiger partial charge in [0, 0.05) is 36.3 Å². The zero-order valence-corrected chi connectivity index (χ0v) is 20.3. The fourth-order valence-corrected chi connectivity index (χ4v) is 4.18. The van der Waals surface area contributed by atoms with Crippen molar-refractivity contribution in [3.8, 4) is 0 Å². The number of hydrogen-bond donors (Lipinski definition) is 0. The number of esters is 1. The molecule has 0 N–H and O–H groups in total. The van der Waals surface area contributed by atoms with Gasteiger partial charge in [-0.15, -0.1) is 10.2 Å². The van der Waals surface area contributed by atoms with Gasteiger partial charge in [-0.2, -0.15) is 4.37 Å². The van der Waals surface area contributed by atoms with Gasteiger partial charge in [0.05, 0.1) is 29.2 Å². The molecule has 0 aliphatic rings. The van der Waals surface area contributed by atoms with Crippen LogP contribution in [0.25, 0.3) is 10.9 Å². The zero-order chi connectivity index (χ0) is 24.3. The van der Waals surface area contributed by atoms with E-state index in [1.807, 2.05) is 31.2 Å². The first kappa shape index (κ1) is 25.2. The molecule has 0 bridgehead atoms. The molecule has 0 unspecified atom stereocenters. The summed E-state index contributed by atoms with van der Waals surface area (Å²) in [7, 11) is 0. The molecule has 0 fully saturated rings. The Kier molecular flexibility index (Phi) is 9.45. The first-order valence-corrected chi connectivity index (χ1v) is 12.2. The Hall–Kier alpha value is -3.40. The minimum Gasteiger partial charge on any atom is -0.466 e. The SMILES string of the molecule is CCCCCCN(CCC(=O)OCC)c1ccc(N=Nc2snc3ccc([N+](=O)[O-])cc23)cc1. The zero-order valence-electron chi connectivity index (χ0n) is 19.5. The number of carbonyl (C=O) groups is 1. The molecule has 180 valence electrons. The normalized spacial score (nSPS) is 11.2. The van der Waals surface area contributed by atoms with Crippen molar-refractivity contribution >= 4 is 50.5 Å². The third-order valence-corrected chi connectivity index (χ3v) is 6.06. The fraction of sp³-hybridized carbons (Fsp3) is 0.417. The number of nitrogens with zero attached hydrogens (tertiary/aromatic N) is 5. The lowest BCUT2D eigenvalue weighted by molar-refractivity contribution is -0.384. The average Bonchev–Trinajstić information content (AvgIpc) is 3.25. The highest BCUT2D eigenvalue weighted by Crippen LogP contribution is 2.34. The molecule has 0 saturated carbocycles. The van der Waals surface area contributed by atoms with Crippen LogP contribution in [0, 0.1) is 10.1 Å². The van der Waals surface area contributed by atoms with Gasteiger partial charge in [-0.05, 0) is 55.2 Å². The molecule has 0 spiro atoms. The van der Waals surface area contributed by atoms with Crippen LogP contribution in [0.5, 0.6) is 0 Å². The van der Waals surface area contributed by atoms with Crippen LogP contribution >= 0.6 is 11.5 Å². The summed E-state index contributed by atoms with van der Waals surface area (Å²) in [6, 6.07) is 12.2. The van der Waals surface area contributed by atoms with Crippen LogP contribution in [-0.2, 0) is 9.53 Å². The van der Waals surface area contributed by atoms with Gasteiger partial charge < -0.3 is 9.64 Å². The summed E-state index contributed by atoms with van der Waals surface area (Å²) in [6.45, 7) is 5.84. The summed E-state index contributed by atoms with van der Waals surface area (Å²) < 4.78 is 9.35. The average molecular weight is 484 g/mol. The van der Waals surface area contributed by atoms with Gasteiger partial charge >= 0.3 is 5.97 Å². The van der Waals surface area contributed by atoms with E-state index in [9.17, 15) is 14.9 Å². The summed E-state index contributed by atoms with van der Waals surface area (Å²) in [4.78, 5) is 24.7. The lowest BCUT2D eigenvalue weighted by atomic mass is 10.2. The maximum atomic E-state index is 11.8. The monoisotopic (exact) mass is 483 g/mol. The van der Waals surface area contributed by atoms with Gasteiger partial charge in [0.1, 0.15) is 0 Å². The summed E-state index contributed by atoms with van der Waals surface area (Å²) in [5.74, 6) is -0.191. The number of unbranched alkanes of at least 4 members (excludes halogenated alkanes) is 3. The molecule has 9 nitrogen and oxygen atoms in total. The van der Waals surface area contributed by atoms with Crippen molar-refractivity contribution in [3.05, 3.63) is 52.6 Å². The molecule has 2 aromatic carbocycles. The molecule has 1 aromatic heterocycles. The highest BCUT2D eigenvalue weighted by molar-refractivity contribution is 7.11. The molecular formula is C24H29N5O4S. The van der Waals surface area contributed by atoms with Crippen molar-refractivity contribution in [1.29, 1.82) is 0 Å². The molecule has 34 heavy (non-hydrogen) atoms. The molecule has 0 atom stereocenters. The molecule has 0 aliphatic heterocycles. The Morgan fingerprint density at radius 2 is 1.88 bits per heavy atom. The van der Waals surface area contributed by atoms with E-state index in [4.69, 9.17) is 4.74 Å². The number of anilines is 1. The van der Waals surface area contributed by atoms with Gasteiger partial charge in [0.2, 0.25) is 0 Å². The summed E-state index contributed by atoms with van der Waals surface area (Å²) in [5, 5.41) is 20.8. The third kappa shape index (κ3) is 7.05. The molecule has 0 aliphatic carbocycles.